The molecule has 0 saturated heterocycles. The van der Waals surface area contributed by atoms with Crippen molar-refractivity contribution in [3.63, 3.8) is 0 Å². The lowest BCUT2D eigenvalue weighted by Gasteiger charge is -2.05. The summed E-state index contributed by atoms with van der Waals surface area (Å²) < 4.78 is 22.2. The molecule has 23 heavy (non-hydrogen) atoms. The first-order valence-electron chi connectivity index (χ1n) is 6.92. The van der Waals surface area contributed by atoms with Gasteiger partial charge in [-0.25, -0.2) is 9.59 Å². The Morgan fingerprint density at radius 3 is 2.65 bits per heavy atom. The molecule has 0 saturated carbocycles. The summed E-state index contributed by atoms with van der Waals surface area (Å²) >= 11 is 0. The number of aromatic carboxylic acids is 1. The molecule has 122 valence electrons. The number of benzene rings is 1. The third kappa shape index (κ3) is 4.79. The van der Waals surface area contributed by atoms with Crippen molar-refractivity contribution in [1.82, 2.24) is 0 Å². The van der Waals surface area contributed by atoms with Crippen molar-refractivity contribution in [3.05, 3.63) is 59.0 Å². The Balaban J connectivity index is 2.00. The number of hydrogen-bond acceptors (Lipinski definition) is 5. The molecule has 2 rings (SSSR count). The van der Waals surface area contributed by atoms with Crippen molar-refractivity contribution < 1.29 is 28.1 Å². The predicted octanol–water partition coefficient (Wildman–Crippen LogP) is 2.60. The van der Waals surface area contributed by atoms with Crippen LogP contribution in [0.4, 0.5) is 0 Å². The van der Waals surface area contributed by atoms with E-state index in [0.717, 1.165) is 5.56 Å². The summed E-state index contributed by atoms with van der Waals surface area (Å²) in [6.45, 7) is 2.02. The van der Waals surface area contributed by atoms with E-state index in [-0.39, 0.29) is 17.3 Å². The zero-order valence-electron chi connectivity index (χ0n) is 12.5. The summed E-state index contributed by atoms with van der Waals surface area (Å²) in [7, 11) is -1.29. The number of esters is 1. The number of carboxylic acid groups (broad SMARTS) is 1. The van der Waals surface area contributed by atoms with Crippen molar-refractivity contribution in [2.75, 3.05) is 6.61 Å². The Labute approximate surface area is 135 Å². The third-order valence-corrected chi connectivity index (χ3v) is 4.20. The molecule has 1 atom stereocenters. The van der Waals surface area contributed by atoms with Crippen molar-refractivity contribution in [2.24, 2.45) is 0 Å². The first-order chi connectivity index (χ1) is 11.0. The number of furan rings is 1. The average Bonchev–Trinajstić information content (AvgIpc) is 2.96. The second-order valence-electron chi connectivity index (χ2n) is 4.72. The van der Waals surface area contributed by atoms with Gasteiger partial charge in [0.1, 0.15) is 5.76 Å². The molecule has 0 aliphatic carbocycles. The molecule has 1 heterocycles. The summed E-state index contributed by atoms with van der Waals surface area (Å²) in [5.41, 5.74) is 1.14. The molecular formula is C16H16O6S. The molecule has 7 heteroatoms. The van der Waals surface area contributed by atoms with Crippen LogP contribution in [0.25, 0.3) is 0 Å². The van der Waals surface area contributed by atoms with E-state index in [1.54, 1.807) is 31.2 Å². The predicted molar refractivity (Wildman–Crippen MR) is 83.6 cm³/mol. The minimum Gasteiger partial charge on any atom is -0.475 e. The second kappa shape index (κ2) is 7.73. The molecule has 0 radical (unpaired) electrons. The quantitative estimate of drug-likeness (QED) is 0.781. The van der Waals surface area contributed by atoms with Gasteiger partial charge in [-0.3, -0.25) is 4.21 Å². The zero-order valence-corrected chi connectivity index (χ0v) is 13.3. The van der Waals surface area contributed by atoms with Gasteiger partial charge in [0, 0.05) is 16.6 Å². The molecule has 0 fully saturated rings. The standard InChI is InChI=1S/C16H16O6S/c1-2-21-16(19)12-5-3-4-11(8-12)9-23(20)10-13-6-7-14(22-13)15(17)18/h3-8H,2,9-10H2,1H3,(H,17,18). The molecule has 6 nitrogen and oxygen atoms in total. The van der Waals surface area contributed by atoms with Crippen LogP contribution in [-0.4, -0.2) is 27.9 Å². The van der Waals surface area contributed by atoms with Gasteiger partial charge in [0.15, 0.2) is 0 Å². The Morgan fingerprint density at radius 1 is 1.22 bits per heavy atom. The summed E-state index contributed by atoms with van der Waals surface area (Å²) in [4.78, 5) is 22.4. The lowest BCUT2D eigenvalue weighted by molar-refractivity contribution is 0.0525. The van der Waals surface area contributed by atoms with E-state index in [0.29, 0.717) is 17.9 Å². The van der Waals surface area contributed by atoms with Gasteiger partial charge >= 0.3 is 11.9 Å². The normalized spacial score (nSPS) is 11.9. The van der Waals surface area contributed by atoms with Gasteiger partial charge in [0.25, 0.3) is 0 Å². The van der Waals surface area contributed by atoms with E-state index in [9.17, 15) is 13.8 Å². The fourth-order valence-electron chi connectivity index (χ4n) is 1.97. The van der Waals surface area contributed by atoms with E-state index < -0.39 is 22.7 Å². The number of carboxylic acids is 1. The average molecular weight is 336 g/mol. The Kier molecular flexibility index (Phi) is 5.70. The van der Waals surface area contributed by atoms with Crippen LogP contribution in [0.3, 0.4) is 0 Å². The van der Waals surface area contributed by atoms with Crippen LogP contribution in [0.2, 0.25) is 0 Å². The van der Waals surface area contributed by atoms with Crippen molar-refractivity contribution in [2.45, 2.75) is 18.4 Å². The highest BCUT2D eigenvalue weighted by atomic mass is 32.2. The smallest absolute Gasteiger partial charge is 0.371 e. The zero-order chi connectivity index (χ0) is 16.8. The molecule has 1 unspecified atom stereocenters. The molecule has 0 aliphatic rings. The first-order valence-corrected chi connectivity index (χ1v) is 8.41. The third-order valence-electron chi connectivity index (χ3n) is 2.94. The van der Waals surface area contributed by atoms with Crippen LogP contribution in [0.5, 0.6) is 0 Å². The minimum atomic E-state index is -1.29. The van der Waals surface area contributed by atoms with E-state index in [1.807, 2.05) is 0 Å². The Morgan fingerprint density at radius 2 is 2.00 bits per heavy atom. The number of rotatable bonds is 7. The van der Waals surface area contributed by atoms with Gasteiger partial charge in [-0.2, -0.15) is 0 Å². The minimum absolute atomic E-state index is 0.108. The lowest BCUT2D eigenvalue weighted by atomic mass is 10.1. The maximum Gasteiger partial charge on any atom is 0.371 e. The summed E-state index contributed by atoms with van der Waals surface area (Å²) in [5, 5.41) is 8.78. The fourth-order valence-corrected chi connectivity index (χ4v) is 3.09. The molecule has 0 aliphatic heterocycles. The van der Waals surface area contributed by atoms with Crippen LogP contribution >= 0.6 is 0 Å². The molecule has 1 N–H and O–H groups in total. The number of ether oxygens (including phenoxy) is 1. The molecule has 1 aromatic heterocycles. The van der Waals surface area contributed by atoms with Crippen LogP contribution in [0.1, 0.15) is 39.2 Å². The van der Waals surface area contributed by atoms with E-state index in [2.05, 4.69) is 0 Å². The van der Waals surface area contributed by atoms with E-state index >= 15 is 0 Å². The largest absolute Gasteiger partial charge is 0.475 e. The lowest BCUT2D eigenvalue weighted by Crippen LogP contribution is -2.06. The second-order valence-corrected chi connectivity index (χ2v) is 6.18. The van der Waals surface area contributed by atoms with E-state index in [4.69, 9.17) is 14.3 Å². The van der Waals surface area contributed by atoms with Crippen molar-refractivity contribution in [3.8, 4) is 0 Å². The number of carbonyl (C=O) groups excluding carboxylic acids is 1. The van der Waals surface area contributed by atoms with Gasteiger partial charge in [-0.15, -0.1) is 0 Å². The molecule has 0 spiro atoms. The summed E-state index contributed by atoms with van der Waals surface area (Å²) in [6, 6.07) is 9.57. The highest BCUT2D eigenvalue weighted by molar-refractivity contribution is 7.83. The van der Waals surface area contributed by atoms with Crippen molar-refractivity contribution >= 4 is 22.7 Å². The maximum atomic E-state index is 12.2. The number of hydrogen-bond donors (Lipinski definition) is 1. The monoisotopic (exact) mass is 336 g/mol. The van der Waals surface area contributed by atoms with E-state index in [1.165, 1.54) is 12.1 Å². The number of carbonyl (C=O) groups is 2. The molecule has 0 bridgehead atoms. The Bertz CT molecular complexity index is 734. The van der Waals surface area contributed by atoms with Crippen molar-refractivity contribution in [1.29, 1.82) is 0 Å². The van der Waals surface area contributed by atoms with Crippen LogP contribution in [0.15, 0.2) is 40.8 Å². The molecule has 1 aromatic carbocycles. The highest BCUT2D eigenvalue weighted by Gasteiger charge is 2.13. The Hall–Kier alpha value is -2.41. The fraction of sp³-hybridized carbons (Fsp3) is 0.250. The first kappa shape index (κ1) is 17.0. The highest BCUT2D eigenvalue weighted by Crippen LogP contribution is 2.14. The topological polar surface area (TPSA) is 93.8 Å². The summed E-state index contributed by atoms with van der Waals surface area (Å²) in [5.74, 6) is -1.07. The van der Waals surface area contributed by atoms with Gasteiger partial charge in [0.2, 0.25) is 5.76 Å². The molecule has 2 aromatic rings. The van der Waals surface area contributed by atoms with Gasteiger partial charge < -0.3 is 14.3 Å². The molecular weight excluding hydrogens is 320 g/mol. The van der Waals surface area contributed by atoms with Crippen LogP contribution in [0, 0.1) is 0 Å². The van der Waals surface area contributed by atoms with Gasteiger partial charge in [-0.1, -0.05) is 12.1 Å². The SMILES string of the molecule is CCOC(=O)c1cccc(CS(=O)Cc2ccc(C(=O)O)o2)c1. The summed E-state index contributed by atoms with van der Waals surface area (Å²) in [6.07, 6.45) is 0. The van der Waals surface area contributed by atoms with Gasteiger partial charge in [0.05, 0.1) is 17.9 Å². The molecule has 0 amide bonds. The maximum absolute atomic E-state index is 12.2. The van der Waals surface area contributed by atoms with Gasteiger partial charge in [-0.05, 0) is 36.8 Å². The van der Waals surface area contributed by atoms with Crippen LogP contribution in [-0.2, 0) is 27.0 Å². The van der Waals surface area contributed by atoms with Crippen LogP contribution < -0.4 is 0 Å².